The van der Waals surface area contributed by atoms with Crippen molar-refractivity contribution >= 4 is 52.5 Å². The van der Waals surface area contributed by atoms with Crippen molar-refractivity contribution in [1.82, 2.24) is 26.0 Å². The van der Waals surface area contributed by atoms with Gasteiger partial charge >= 0.3 is 18.1 Å². The number of fused-ring (bicyclic) bond motifs is 1. The van der Waals surface area contributed by atoms with Gasteiger partial charge in [0.05, 0.1) is 23.2 Å². The summed E-state index contributed by atoms with van der Waals surface area (Å²) in [5.41, 5.74) is 3.28. The molecular formula is C28H23ClF3N5O7. The molecule has 16 heteroatoms. The minimum absolute atomic E-state index is 0.0354. The van der Waals surface area contributed by atoms with Crippen LogP contribution in [0.3, 0.4) is 0 Å². The highest BCUT2D eigenvalue weighted by Crippen LogP contribution is 2.23. The Labute approximate surface area is 251 Å². The number of aromatic nitrogens is 3. The van der Waals surface area contributed by atoms with Gasteiger partial charge in [0.25, 0.3) is 11.8 Å². The molecule has 4 aromatic rings. The third-order valence-corrected chi connectivity index (χ3v) is 6.00. The van der Waals surface area contributed by atoms with Crippen LogP contribution in [0.25, 0.3) is 17.1 Å². The number of nitrogens with one attached hydrogen (secondary N) is 3. The first kappa shape index (κ1) is 33.1. The van der Waals surface area contributed by atoms with Crippen LogP contribution in [0, 0.1) is 6.92 Å². The molecule has 0 atom stereocenters. The second-order valence-corrected chi connectivity index (χ2v) is 9.30. The number of halogens is 4. The number of alkyl halides is 3. The van der Waals surface area contributed by atoms with Crippen molar-refractivity contribution in [3.63, 3.8) is 0 Å². The molecule has 3 aromatic carbocycles. The van der Waals surface area contributed by atoms with E-state index in [9.17, 15) is 32.7 Å². The smallest absolute Gasteiger partial charge is 0.490 e. The van der Waals surface area contributed by atoms with Gasteiger partial charge in [0.15, 0.2) is 0 Å². The first-order valence-electron chi connectivity index (χ1n) is 12.3. The monoisotopic (exact) mass is 633 g/mol. The molecule has 0 aliphatic rings. The lowest BCUT2D eigenvalue weighted by Crippen LogP contribution is -2.29. The minimum Gasteiger partial charge on any atom is -0.508 e. The lowest BCUT2D eigenvalue weighted by atomic mass is 10.0. The van der Waals surface area contributed by atoms with Crippen molar-refractivity contribution in [2.75, 3.05) is 7.11 Å². The molecule has 44 heavy (non-hydrogen) atoms. The van der Waals surface area contributed by atoms with Crippen LogP contribution in [-0.4, -0.2) is 62.7 Å². The minimum atomic E-state index is -5.08. The number of rotatable bonds is 7. The number of carbonyl (C=O) groups is 4. The number of aromatic amines is 1. The Hall–Kier alpha value is -5.44. The van der Waals surface area contributed by atoms with Gasteiger partial charge in [-0.3, -0.25) is 14.7 Å². The van der Waals surface area contributed by atoms with Crippen molar-refractivity contribution < 1.29 is 47.3 Å². The van der Waals surface area contributed by atoms with Crippen molar-refractivity contribution in [1.29, 1.82) is 0 Å². The van der Waals surface area contributed by atoms with Crippen molar-refractivity contribution in [3.8, 4) is 5.75 Å². The van der Waals surface area contributed by atoms with E-state index in [4.69, 9.17) is 26.2 Å². The van der Waals surface area contributed by atoms with Crippen LogP contribution in [0.1, 0.15) is 37.4 Å². The molecule has 1 heterocycles. The third-order valence-electron chi connectivity index (χ3n) is 5.70. The van der Waals surface area contributed by atoms with Gasteiger partial charge in [-0.15, -0.1) is 5.10 Å². The fourth-order valence-electron chi connectivity index (χ4n) is 3.67. The number of hydrogen-bond donors (Lipinski definition) is 5. The number of hydrogen-bond acceptors (Lipinski definition) is 8. The number of benzene rings is 3. The Kier molecular flexibility index (Phi) is 10.6. The molecule has 0 saturated carbocycles. The Morgan fingerprint density at radius 3 is 2.39 bits per heavy atom. The van der Waals surface area contributed by atoms with Crippen molar-refractivity contribution in [3.05, 3.63) is 93.1 Å². The Morgan fingerprint density at radius 1 is 1.07 bits per heavy atom. The van der Waals surface area contributed by atoms with Crippen LogP contribution in [0.2, 0.25) is 5.02 Å². The first-order chi connectivity index (χ1) is 20.7. The number of aliphatic carboxylic acids is 1. The van der Waals surface area contributed by atoms with Gasteiger partial charge in [-0.05, 0) is 66.1 Å². The van der Waals surface area contributed by atoms with Crippen LogP contribution in [0.15, 0.2) is 60.3 Å². The van der Waals surface area contributed by atoms with Crippen LogP contribution in [0.4, 0.5) is 13.2 Å². The van der Waals surface area contributed by atoms with E-state index < -0.39 is 29.9 Å². The fraction of sp³-hybridized carbons (Fsp3) is 0.143. The third kappa shape index (κ3) is 8.78. The highest BCUT2D eigenvalue weighted by Gasteiger charge is 2.38. The molecule has 0 aliphatic heterocycles. The van der Waals surface area contributed by atoms with Gasteiger partial charge in [-0.1, -0.05) is 35.0 Å². The number of esters is 1. The lowest BCUT2D eigenvalue weighted by molar-refractivity contribution is -0.192. The molecule has 5 N–H and O–H groups in total. The van der Waals surface area contributed by atoms with E-state index in [1.165, 1.54) is 31.4 Å². The number of methoxy groups -OCH3 is 1. The summed E-state index contributed by atoms with van der Waals surface area (Å²) < 4.78 is 36.6. The highest BCUT2D eigenvalue weighted by atomic mass is 35.5. The predicted octanol–water partition coefficient (Wildman–Crippen LogP) is 4.13. The van der Waals surface area contributed by atoms with Crippen molar-refractivity contribution in [2.24, 2.45) is 0 Å². The molecule has 0 unspecified atom stereocenters. The lowest BCUT2D eigenvalue weighted by Gasteiger charge is -2.13. The van der Waals surface area contributed by atoms with E-state index in [0.717, 1.165) is 5.56 Å². The van der Waals surface area contributed by atoms with E-state index in [1.54, 1.807) is 43.3 Å². The average molecular weight is 634 g/mol. The second kappa shape index (κ2) is 14.2. The molecule has 2 amide bonds. The number of aromatic hydroxyl groups is 1. The van der Waals surface area contributed by atoms with Crippen LogP contribution >= 0.6 is 11.6 Å². The number of carboxylic acids is 1. The molecule has 1 aromatic heterocycles. The quantitative estimate of drug-likeness (QED) is 0.147. The molecule has 0 spiro atoms. The summed E-state index contributed by atoms with van der Waals surface area (Å²) in [6.45, 7) is 1.83. The number of phenols is 1. The van der Waals surface area contributed by atoms with E-state index in [2.05, 4.69) is 26.0 Å². The molecule has 0 bridgehead atoms. The van der Waals surface area contributed by atoms with Gasteiger partial charge in [0, 0.05) is 12.1 Å². The maximum atomic E-state index is 13.1. The standard InChI is InChI=1S/C26H22ClN5O5.C2HF3O2/c1-14-8-17(24(34)28-13-16-4-3-5-18(33)9-16)12-19(27)23(14)25(35)29-22(26(36)37-2)11-15-6-7-20-21(10-15)31-32-30-20;3-2(4,5)1(6)7/h3-12,33H,13H2,1-2H3,(H,28,34)(H,29,35)(H,30,31,32);(H,6,7)/b22-11-;. The van der Waals surface area contributed by atoms with E-state index in [-0.39, 0.29) is 34.1 Å². The Balaban J connectivity index is 0.000000676. The van der Waals surface area contributed by atoms with Crippen LogP contribution < -0.4 is 10.6 Å². The van der Waals surface area contributed by atoms with E-state index >= 15 is 0 Å². The molecule has 0 saturated heterocycles. The summed E-state index contributed by atoms with van der Waals surface area (Å²) in [6.07, 6.45) is -3.63. The summed E-state index contributed by atoms with van der Waals surface area (Å²) in [4.78, 5) is 47.0. The van der Waals surface area contributed by atoms with Gasteiger partial charge in [0.2, 0.25) is 0 Å². The van der Waals surface area contributed by atoms with Gasteiger partial charge in [-0.2, -0.15) is 13.2 Å². The Morgan fingerprint density at radius 2 is 1.77 bits per heavy atom. The number of carbonyl (C=O) groups excluding carboxylic acids is 3. The number of aryl methyl sites for hydroxylation is 1. The van der Waals surface area contributed by atoms with Gasteiger partial charge in [-0.25, -0.2) is 9.59 Å². The van der Waals surface area contributed by atoms with E-state index in [1.807, 2.05) is 0 Å². The summed E-state index contributed by atoms with van der Waals surface area (Å²) >= 11 is 6.39. The molecule has 230 valence electrons. The molecule has 12 nitrogen and oxygen atoms in total. The average Bonchev–Trinajstić information content (AvgIpc) is 3.42. The summed E-state index contributed by atoms with van der Waals surface area (Å²) in [5, 5.41) is 32.4. The van der Waals surface area contributed by atoms with Crippen molar-refractivity contribution in [2.45, 2.75) is 19.6 Å². The van der Waals surface area contributed by atoms with Gasteiger partial charge in [0.1, 0.15) is 17.0 Å². The van der Waals surface area contributed by atoms with E-state index in [0.29, 0.717) is 22.2 Å². The summed E-state index contributed by atoms with van der Waals surface area (Å²) in [6, 6.07) is 14.6. The predicted molar refractivity (Wildman–Crippen MR) is 151 cm³/mol. The fourth-order valence-corrected chi connectivity index (χ4v) is 4.02. The first-order valence-corrected chi connectivity index (χ1v) is 12.7. The largest absolute Gasteiger partial charge is 0.508 e. The zero-order chi connectivity index (χ0) is 32.6. The molecule has 4 rings (SSSR count). The number of phenolic OH excluding ortho intramolecular Hbond substituents is 1. The topological polar surface area (TPSA) is 184 Å². The zero-order valence-electron chi connectivity index (χ0n) is 22.8. The summed E-state index contributed by atoms with van der Waals surface area (Å²) in [5.74, 6) is -4.47. The number of carboxylic acid groups (broad SMARTS) is 1. The number of amides is 2. The summed E-state index contributed by atoms with van der Waals surface area (Å²) in [7, 11) is 1.20. The SMILES string of the molecule is COC(=O)/C(=C/c1ccc2[nH]nnc2c1)NC(=O)c1c(C)cc(C(=O)NCc2cccc(O)c2)cc1Cl.O=C(O)C(F)(F)F. The van der Waals surface area contributed by atoms with Crippen LogP contribution in [-0.2, 0) is 20.9 Å². The maximum Gasteiger partial charge on any atom is 0.490 e. The van der Waals surface area contributed by atoms with Crippen LogP contribution in [0.5, 0.6) is 5.75 Å². The Bertz CT molecular complexity index is 1730. The maximum absolute atomic E-state index is 13.1. The molecular weight excluding hydrogens is 611 g/mol. The zero-order valence-corrected chi connectivity index (χ0v) is 23.6. The number of nitrogens with zero attached hydrogens (tertiary/aromatic N) is 2. The number of ether oxygens (including phenoxy) is 1. The normalized spacial score (nSPS) is 11.3. The second-order valence-electron chi connectivity index (χ2n) is 8.90. The molecule has 0 radical (unpaired) electrons. The number of H-pyrrole nitrogens is 1. The molecule has 0 aliphatic carbocycles. The molecule has 0 fully saturated rings. The highest BCUT2D eigenvalue weighted by molar-refractivity contribution is 6.34. The van der Waals surface area contributed by atoms with Gasteiger partial charge < -0.3 is 25.6 Å².